The van der Waals surface area contributed by atoms with Crippen LogP contribution < -0.4 is 31.6 Å². The van der Waals surface area contributed by atoms with Gasteiger partial charge in [-0.3, -0.25) is 19.0 Å². The number of anilines is 4. The highest BCUT2D eigenvalue weighted by atomic mass is 16.5. The molecule has 12 nitrogen and oxygen atoms in total. The second-order valence-corrected chi connectivity index (χ2v) is 14.6. The van der Waals surface area contributed by atoms with Gasteiger partial charge in [0.15, 0.2) is 5.65 Å². The number of amides is 2. The number of hydrogen-bond donors (Lipinski definition) is 3. The molecular formula is C39H48N8O4. The summed E-state index contributed by atoms with van der Waals surface area (Å²) in [6, 6.07) is 14.5. The number of carbonyl (C=O) groups excluding carboxylic acids is 2. The lowest BCUT2D eigenvalue weighted by molar-refractivity contribution is -0.134. The third kappa shape index (κ3) is 7.14. The maximum atomic E-state index is 13.5. The Morgan fingerprint density at radius 3 is 2.65 bits per heavy atom. The lowest BCUT2D eigenvalue weighted by Crippen LogP contribution is -2.49. The van der Waals surface area contributed by atoms with Crippen LogP contribution in [-0.2, 0) is 9.59 Å². The Morgan fingerprint density at radius 2 is 1.88 bits per heavy atom. The van der Waals surface area contributed by atoms with E-state index in [2.05, 4.69) is 32.3 Å². The van der Waals surface area contributed by atoms with E-state index in [9.17, 15) is 14.4 Å². The maximum absolute atomic E-state index is 13.5. The highest BCUT2D eigenvalue weighted by Crippen LogP contribution is 2.56. The van der Waals surface area contributed by atoms with Gasteiger partial charge in [0.1, 0.15) is 5.75 Å². The van der Waals surface area contributed by atoms with Gasteiger partial charge in [-0.05, 0) is 92.2 Å². The number of carbonyl (C=O) groups is 2. The van der Waals surface area contributed by atoms with Gasteiger partial charge in [0.05, 0.1) is 25.0 Å². The molecule has 3 fully saturated rings. The zero-order valence-electron chi connectivity index (χ0n) is 29.8. The van der Waals surface area contributed by atoms with Crippen molar-refractivity contribution in [3.63, 3.8) is 0 Å². The molecule has 2 aromatic heterocycles. The summed E-state index contributed by atoms with van der Waals surface area (Å²) < 4.78 is 7.30. The van der Waals surface area contributed by atoms with E-state index in [0.717, 1.165) is 36.2 Å². The standard InChI is InChI=1S/C39H48N8O4/c1-4-26-17-27-10-11-39(20-26,21-27)22-36(50)46-14-12-45(13-15-46)29-8-9-32(33(19-29)51-3)43-38-41-24-31-25(2)16-35(49)47(37(31)44-38)30-7-5-6-28(18-30)42-34(48)23-40/h5-9,16,18-19,24,26-27H,4,10-15,17,20-23,40H2,1-3H3,(H,42,48)(H,41,43,44). The highest BCUT2D eigenvalue weighted by molar-refractivity contribution is 5.92. The van der Waals surface area contributed by atoms with E-state index < -0.39 is 0 Å². The number of pyridine rings is 1. The third-order valence-corrected chi connectivity index (χ3v) is 11.3. The second kappa shape index (κ2) is 14.3. The summed E-state index contributed by atoms with van der Waals surface area (Å²) in [4.78, 5) is 52.5. The molecule has 2 saturated carbocycles. The van der Waals surface area contributed by atoms with Crippen LogP contribution in [0.25, 0.3) is 16.7 Å². The topological polar surface area (TPSA) is 148 Å². The first kappa shape index (κ1) is 34.5. The summed E-state index contributed by atoms with van der Waals surface area (Å²) in [5.41, 5.74) is 9.36. The number of rotatable bonds is 10. The lowest BCUT2D eigenvalue weighted by atomic mass is 9.68. The van der Waals surface area contributed by atoms with Gasteiger partial charge in [-0.15, -0.1) is 0 Å². The van der Waals surface area contributed by atoms with Crippen molar-refractivity contribution in [2.75, 3.05) is 55.4 Å². The summed E-state index contributed by atoms with van der Waals surface area (Å²) in [5, 5.41) is 6.74. The molecule has 3 unspecified atom stereocenters. The largest absolute Gasteiger partial charge is 0.494 e. The number of piperazine rings is 1. The molecule has 51 heavy (non-hydrogen) atoms. The highest BCUT2D eigenvalue weighted by Gasteiger charge is 2.46. The SMILES string of the molecule is CCC1CC2CCC(CC(=O)N3CCN(c4ccc(Nc5ncc6c(C)cc(=O)n(-c7cccc(NC(=O)CN)c7)c6n5)c(OC)c4)CC3)(C1)C2. The molecule has 12 heteroatoms. The first-order valence-corrected chi connectivity index (χ1v) is 18.1. The Morgan fingerprint density at radius 1 is 1.06 bits per heavy atom. The van der Waals surface area contributed by atoms with Crippen LogP contribution in [0.1, 0.15) is 57.4 Å². The average molecular weight is 693 g/mol. The van der Waals surface area contributed by atoms with Crippen molar-refractivity contribution in [1.29, 1.82) is 0 Å². The van der Waals surface area contributed by atoms with E-state index in [0.29, 0.717) is 65.2 Å². The molecule has 3 aliphatic rings. The van der Waals surface area contributed by atoms with Crippen molar-refractivity contribution in [3.8, 4) is 11.4 Å². The van der Waals surface area contributed by atoms with Crippen LogP contribution >= 0.6 is 0 Å². The molecule has 0 radical (unpaired) electrons. The number of hydrogen-bond acceptors (Lipinski definition) is 9. The fourth-order valence-corrected chi connectivity index (χ4v) is 8.67. The van der Waals surface area contributed by atoms with Crippen LogP contribution in [-0.4, -0.2) is 71.1 Å². The number of nitrogens with two attached hydrogens (primary N) is 1. The Kier molecular flexibility index (Phi) is 9.69. The molecule has 268 valence electrons. The van der Waals surface area contributed by atoms with E-state index >= 15 is 0 Å². The Bertz CT molecular complexity index is 2010. The van der Waals surface area contributed by atoms with Crippen LogP contribution in [0.15, 0.2) is 59.5 Å². The van der Waals surface area contributed by atoms with Gasteiger partial charge >= 0.3 is 0 Å². The molecule has 7 rings (SSSR count). The van der Waals surface area contributed by atoms with E-state index in [1.54, 1.807) is 43.6 Å². The smallest absolute Gasteiger partial charge is 0.257 e. The number of nitrogens with zero attached hydrogens (tertiary/aromatic N) is 5. The minimum absolute atomic E-state index is 0.150. The van der Waals surface area contributed by atoms with E-state index in [1.165, 1.54) is 43.1 Å². The van der Waals surface area contributed by atoms with Crippen LogP contribution in [0.2, 0.25) is 0 Å². The summed E-state index contributed by atoms with van der Waals surface area (Å²) in [6.07, 6.45) is 9.96. The second-order valence-electron chi connectivity index (χ2n) is 14.6. The van der Waals surface area contributed by atoms with Crippen molar-refractivity contribution in [2.24, 2.45) is 23.0 Å². The third-order valence-electron chi connectivity index (χ3n) is 11.3. The minimum Gasteiger partial charge on any atom is -0.494 e. The molecule has 3 heterocycles. The summed E-state index contributed by atoms with van der Waals surface area (Å²) >= 11 is 0. The zero-order valence-corrected chi connectivity index (χ0v) is 29.8. The summed E-state index contributed by atoms with van der Waals surface area (Å²) in [5.74, 6) is 2.51. The minimum atomic E-state index is -0.333. The van der Waals surface area contributed by atoms with Gasteiger partial charge in [-0.25, -0.2) is 4.98 Å². The number of fused-ring (bicyclic) bond motifs is 3. The van der Waals surface area contributed by atoms with Crippen molar-refractivity contribution in [3.05, 3.63) is 70.6 Å². The monoisotopic (exact) mass is 692 g/mol. The average Bonchev–Trinajstić information content (AvgIpc) is 3.44. The van der Waals surface area contributed by atoms with Gasteiger partial charge in [-0.2, -0.15) is 4.98 Å². The quantitative estimate of drug-likeness (QED) is 0.199. The van der Waals surface area contributed by atoms with Crippen molar-refractivity contribution < 1.29 is 14.3 Å². The normalized spacial score (nSPS) is 21.5. The molecule has 2 aliphatic carbocycles. The number of benzene rings is 2. The molecular weight excluding hydrogens is 644 g/mol. The predicted molar refractivity (Wildman–Crippen MR) is 200 cm³/mol. The van der Waals surface area contributed by atoms with Crippen molar-refractivity contribution in [1.82, 2.24) is 19.4 Å². The van der Waals surface area contributed by atoms with Crippen LogP contribution in [0.3, 0.4) is 0 Å². The number of nitrogens with one attached hydrogen (secondary N) is 2. The van der Waals surface area contributed by atoms with Gasteiger partial charge < -0.3 is 30.9 Å². The number of ether oxygens (including phenoxy) is 1. The maximum Gasteiger partial charge on any atom is 0.257 e. The molecule has 2 aromatic carbocycles. The first-order chi connectivity index (χ1) is 24.7. The van der Waals surface area contributed by atoms with Gasteiger partial charge in [0.25, 0.3) is 5.56 Å². The molecule has 4 N–H and O–H groups in total. The molecule has 4 aromatic rings. The number of aryl methyl sites for hydroxylation is 1. The molecule has 3 atom stereocenters. The Hall–Kier alpha value is -4.97. The van der Waals surface area contributed by atoms with Gasteiger partial charge in [-0.1, -0.05) is 19.4 Å². The van der Waals surface area contributed by atoms with E-state index in [1.807, 2.05) is 25.1 Å². The van der Waals surface area contributed by atoms with E-state index in [-0.39, 0.29) is 23.4 Å². The van der Waals surface area contributed by atoms with E-state index in [4.69, 9.17) is 15.5 Å². The summed E-state index contributed by atoms with van der Waals surface area (Å²) in [6.45, 7) is 6.95. The molecule has 2 amide bonds. The lowest BCUT2D eigenvalue weighted by Gasteiger charge is -2.41. The zero-order chi connectivity index (χ0) is 35.7. The molecule has 1 aliphatic heterocycles. The van der Waals surface area contributed by atoms with Gasteiger partial charge in [0.2, 0.25) is 17.8 Å². The van der Waals surface area contributed by atoms with Crippen molar-refractivity contribution >= 4 is 45.9 Å². The van der Waals surface area contributed by atoms with Crippen LogP contribution in [0.4, 0.5) is 23.0 Å². The molecule has 2 bridgehead atoms. The predicted octanol–water partition coefficient (Wildman–Crippen LogP) is 5.38. The van der Waals surface area contributed by atoms with Crippen LogP contribution in [0.5, 0.6) is 5.75 Å². The van der Waals surface area contributed by atoms with Gasteiger partial charge in [0, 0.05) is 67.7 Å². The Balaban J connectivity index is 1.06. The first-order valence-electron chi connectivity index (χ1n) is 18.1. The number of methoxy groups -OCH3 is 1. The van der Waals surface area contributed by atoms with Crippen molar-refractivity contribution in [2.45, 2.75) is 58.8 Å². The number of aromatic nitrogens is 3. The molecule has 1 saturated heterocycles. The van der Waals surface area contributed by atoms with Crippen LogP contribution in [0, 0.1) is 24.2 Å². The summed E-state index contributed by atoms with van der Waals surface area (Å²) in [7, 11) is 1.63. The fourth-order valence-electron chi connectivity index (χ4n) is 8.67. The molecule has 0 spiro atoms. The Labute approximate surface area is 298 Å². The fraction of sp³-hybridized carbons (Fsp3) is 0.462.